The van der Waals surface area contributed by atoms with Gasteiger partial charge < -0.3 is 14.2 Å². The second-order valence-electron chi connectivity index (χ2n) is 9.31. The van der Waals surface area contributed by atoms with Gasteiger partial charge in [-0.2, -0.15) is 5.10 Å². The Hall–Kier alpha value is -2.91. The van der Waals surface area contributed by atoms with Crippen LogP contribution in [0.5, 0.6) is 11.5 Å². The van der Waals surface area contributed by atoms with Crippen LogP contribution >= 0.6 is 11.3 Å². The molecule has 0 aliphatic carbocycles. The highest BCUT2D eigenvalue weighted by molar-refractivity contribution is 7.09. The topological polar surface area (TPSA) is 78.7 Å². The van der Waals surface area contributed by atoms with Crippen LogP contribution in [0, 0.1) is 12.8 Å². The fourth-order valence-corrected chi connectivity index (χ4v) is 5.77. The maximum atomic E-state index is 12.7. The first-order chi connectivity index (χ1) is 17.0. The molecule has 35 heavy (non-hydrogen) atoms. The second-order valence-corrected chi connectivity index (χ2v) is 10.2. The van der Waals surface area contributed by atoms with Crippen LogP contribution in [0.4, 0.5) is 0 Å². The molecule has 186 valence electrons. The number of ether oxygens (including phenoxy) is 3. The Labute approximate surface area is 209 Å². The summed E-state index contributed by atoms with van der Waals surface area (Å²) in [6.45, 7) is 10.1. The van der Waals surface area contributed by atoms with Gasteiger partial charge in [-0.05, 0) is 43.9 Å². The highest BCUT2D eigenvalue weighted by Crippen LogP contribution is 2.33. The van der Waals surface area contributed by atoms with E-state index < -0.39 is 0 Å². The van der Waals surface area contributed by atoms with E-state index in [-0.39, 0.29) is 5.97 Å². The second kappa shape index (κ2) is 10.4. The Morgan fingerprint density at radius 2 is 2.14 bits per heavy atom. The van der Waals surface area contributed by atoms with Crippen molar-refractivity contribution in [3.63, 3.8) is 0 Å². The normalized spacial score (nSPS) is 15.7. The van der Waals surface area contributed by atoms with Crippen molar-refractivity contribution < 1.29 is 19.0 Å². The zero-order valence-electron chi connectivity index (χ0n) is 20.6. The number of hydrogen-bond acceptors (Lipinski definition) is 8. The summed E-state index contributed by atoms with van der Waals surface area (Å²) >= 11 is 1.67. The quantitative estimate of drug-likeness (QED) is 0.414. The molecule has 4 heterocycles. The molecule has 0 fully saturated rings. The Kier molecular flexibility index (Phi) is 7.06. The molecule has 1 aromatic carbocycles. The molecule has 0 radical (unpaired) electrons. The van der Waals surface area contributed by atoms with E-state index in [1.165, 1.54) is 10.4 Å². The van der Waals surface area contributed by atoms with Gasteiger partial charge in [-0.25, -0.2) is 9.78 Å². The van der Waals surface area contributed by atoms with Crippen LogP contribution in [0.2, 0.25) is 0 Å². The molecule has 2 aliphatic heterocycles. The van der Waals surface area contributed by atoms with Crippen molar-refractivity contribution in [3.8, 4) is 11.5 Å². The molecule has 1 atom stereocenters. The summed E-state index contributed by atoms with van der Waals surface area (Å²) in [4.78, 5) is 20.8. The van der Waals surface area contributed by atoms with Gasteiger partial charge in [0.15, 0.2) is 17.2 Å². The minimum absolute atomic E-state index is 0.296. The Morgan fingerprint density at radius 3 is 2.94 bits per heavy atom. The number of esters is 1. The monoisotopic (exact) mass is 496 g/mol. The third kappa shape index (κ3) is 5.21. The smallest absolute Gasteiger partial charge is 0.359 e. The summed E-state index contributed by atoms with van der Waals surface area (Å²) in [7, 11) is 0. The van der Waals surface area contributed by atoms with E-state index >= 15 is 0 Å². The van der Waals surface area contributed by atoms with Gasteiger partial charge in [0, 0.05) is 55.2 Å². The van der Waals surface area contributed by atoms with E-state index in [1.54, 1.807) is 11.3 Å². The summed E-state index contributed by atoms with van der Waals surface area (Å²) < 4.78 is 18.3. The lowest BCUT2D eigenvalue weighted by Crippen LogP contribution is -2.35. The summed E-state index contributed by atoms with van der Waals surface area (Å²) in [5, 5.41) is 4.73. The molecule has 0 amide bonds. The van der Waals surface area contributed by atoms with Crippen molar-refractivity contribution in [2.75, 3.05) is 26.5 Å². The first kappa shape index (κ1) is 23.8. The summed E-state index contributed by atoms with van der Waals surface area (Å²) in [6, 6.07) is 6.19. The third-order valence-corrected chi connectivity index (χ3v) is 7.66. The molecular weight excluding hydrogens is 464 g/mol. The fraction of sp³-hybridized carbons (Fsp3) is 0.500. The van der Waals surface area contributed by atoms with Gasteiger partial charge in [-0.1, -0.05) is 13.0 Å². The van der Waals surface area contributed by atoms with Crippen LogP contribution in [0.25, 0.3) is 0 Å². The van der Waals surface area contributed by atoms with Gasteiger partial charge >= 0.3 is 5.97 Å². The maximum absolute atomic E-state index is 12.7. The van der Waals surface area contributed by atoms with Crippen LogP contribution in [0.15, 0.2) is 23.7 Å². The third-order valence-electron chi connectivity index (χ3n) is 6.67. The predicted octanol–water partition coefficient (Wildman–Crippen LogP) is 4.03. The molecule has 0 bridgehead atoms. The number of carbonyl (C=O) groups excluding carboxylic acids is 1. The standard InChI is InChI=1S/C26H32N4O4S/c1-4-32-26(31)25-20-14-29(13-17(2)11-19-5-6-22-23(12-19)34-16-33-22)9-7-21(20)30(28-25)10-8-24-18(3)27-15-35-24/h5-6,12,15,17H,4,7-11,13-14,16H2,1-3H3. The molecule has 9 heteroatoms. The van der Waals surface area contributed by atoms with Crippen molar-refractivity contribution in [1.29, 1.82) is 0 Å². The van der Waals surface area contributed by atoms with Crippen molar-refractivity contribution in [2.45, 2.75) is 53.1 Å². The van der Waals surface area contributed by atoms with Crippen molar-refractivity contribution in [1.82, 2.24) is 19.7 Å². The van der Waals surface area contributed by atoms with Crippen LogP contribution in [-0.4, -0.2) is 52.1 Å². The minimum atomic E-state index is -0.327. The van der Waals surface area contributed by atoms with E-state index in [0.29, 0.717) is 31.6 Å². The van der Waals surface area contributed by atoms with E-state index in [0.717, 1.165) is 67.3 Å². The van der Waals surface area contributed by atoms with Gasteiger partial charge in [0.1, 0.15) is 0 Å². The number of thiazole rings is 1. The number of hydrogen-bond donors (Lipinski definition) is 0. The van der Waals surface area contributed by atoms with Gasteiger partial charge in [0.25, 0.3) is 0 Å². The molecule has 0 spiro atoms. The van der Waals surface area contributed by atoms with Crippen molar-refractivity contribution >= 4 is 17.3 Å². The molecule has 0 saturated heterocycles. The molecular formula is C26H32N4O4S. The molecule has 5 rings (SSSR count). The lowest BCUT2D eigenvalue weighted by atomic mass is 9.98. The van der Waals surface area contributed by atoms with Crippen LogP contribution in [0.1, 0.15) is 51.7 Å². The average Bonchev–Trinajstić information content (AvgIpc) is 3.56. The highest BCUT2D eigenvalue weighted by Gasteiger charge is 2.29. The highest BCUT2D eigenvalue weighted by atomic mass is 32.1. The molecule has 0 N–H and O–H groups in total. The van der Waals surface area contributed by atoms with E-state index in [1.807, 2.05) is 30.1 Å². The fourth-order valence-electron chi connectivity index (χ4n) is 5.00. The first-order valence-electron chi connectivity index (χ1n) is 12.3. The zero-order valence-corrected chi connectivity index (χ0v) is 21.4. The van der Waals surface area contributed by atoms with Gasteiger partial charge in [0.2, 0.25) is 6.79 Å². The van der Waals surface area contributed by atoms with Crippen LogP contribution < -0.4 is 9.47 Å². The predicted molar refractivity (Wildman–Crippen MR) is 133 cm³/mol. The number of aryl methyl sites for hydroxylation is 3. The number of nitrogens with zero attached hydrogens (tertiary/aromatic N) is 4. The first-order valence-corrected chi connectivity index (χ1v) is 13.1. The average molecular weight is 497 g/mol. The number of rotatable bonds is 9. The Morgan fingerprint density at radius 1 is 1.29 bits per heavy atom. The number of benzene rings is 1. The van der Waals surface area contributed by atoms with Crippen molar-refractivity contribution in [3.05, 3.63) is 56.8 Å². The lowest BCUT2D eigenvalue weighted by molar-refractivity contribution is 0.0515. The summed E-state index contributed by atoms with van der Waals surface area (Å²) in [5.41, 5.74) is 6.86. The maximum Gasteiger partial charge on any atom is 0.359 e. The van der Waals surface area contributed by atoms with Crippen LogP contribution in [-0.2, 0) is 37.1 Å². The summed E-state index contributed by atoms with van der Waals surface area (Å²) in [6.07, 6.45) is 2.70. The van der Waals surface area contributed by atoms with Crippen LogP contribution in [0.3, 0.4) is 0 Å². The Bertz CT molecular complexity index is 1200. The molecule has 1 unspecified atom stereocenters. The van der Waals surface area contributed by atoms with E-state index in [4.69, 9.17) is 19.3 Å². The van der Waals surface area contributed by atoms with Crippen molar-refractivity contribution in [2.24, 2.45) is 5.92 Å². The number of fused-ring (bicyclic) bond motifs is 2. The molecule has 2 aromatic heterocycles. The Balaban J connectivity index is 1.27. The van der Waals surface area contributed by atoms with Gasteiger partial charge in [-0.15, -0.1) is 11.3 Å². The van der Waals surface area contributed by atoms with Gasteiger partial charge in [0.05, 0.1) is 17.8 Å². The summed E-state index contributed by atoms with van der Waals surface area (Å²) in [5.74, 6) is 1.77. The molecule has 0 saturated carbocycles. The molecule has 8 nitrogen and oxygen atoms in total. The largest absolute Gasteiger partial charge is 0.461 e. The lowest BCUT2D eigenvalue weighted by Gasteiger charge is -2.30. The zero-order chi connectivity index (χ0) is 24.4. The minimum Gasteiger partial charge on any atom is -0.461 e. The van der Waals surface area contributed by atoms with Gasteiger partial charge in [-0.3, -0.25) is 9.58 Å². The molecule has 3 aromatic rings. The van der Waals surface area contributed by atoms with E-state index in [2.05, 4.69) is 28.9 Å². The number of carbonyl (C=O) groups is 1. The van der Waals surface area contributed by atoms with E-state index in [9.17, 15) is 4.79 Å². The SMILES string of the molecule is CCOC(=O)c1nn(CCc2scnc2C)c2c1CN(CC(C)Cc1ccc3c(c1)OCO3)CC2. The molecule has 2 aliphatic rings. The number of aromatic nitrogens is 3.